The van der Waals surface area contributed by atoms with E-state index in [9.17, 15) is 0 Å². The van der Waals surface area contributed by atoms with Gasteiger partial charge in [-0.05, 0) is 32.4 Å². The van der Waals surface area contributed by atoms with Crippen LogP contribution in [-0.2, 0) is 0 Å². The van der Waals surface area contributed by atoms with E-state index in [-0.39, 0.29) is 0 Å². The number of likely N-dealkylation sites (N-methyl/N-ethyl adjacent to an activating group) is 1. The molecule has 1 fully saturated rings. The van der Waals surface area contributed by atoms with Crippen molar-refractivity contribution in [1.82, 2.24) is 9.80 Å². The van der Waals surface area contributed by atoms with Crippen molar-refractivity contribution in [3.8, 4) is 0 Å². The van der Waals surface area contributed by atoms with Gasteiger partial charge in [-0.2, -0.15) is 0 Å². The van der Waals surface area contributed by atoms with Crippen molar-refractivity contribution in [3.05, 3.63) is 11.8 Å². The van der Waals surface area contributed by atoms with Crippen molar-refractivity contribution in [2.45, 2.75) is 25.7 Å². The number of hydrogen-bond donors (Lipinski definition) is 0. The maximum atomic E-state index is 2.59. The van der Waals surface area contributed by atoms with E-state index in [2.05, 4.69) is 22.9 Å². The molecule has 0 aromatic carbocycles. The quantitative estimate of drug-likeness (QED) is 0.638. The van der Waals surface area contributed by atoms with Gasteiger partial charge < -0.3 is 4.90 Å². The van der Waals surface area contributed by atoms with Gasteiger partial charge in [0.05, 0.1) is 0 Å². The Hall–Kier alpha value is -0.500. The third kappa shape index (κ3) is 2.25. The molecule has 0 unspecified atom stereocenters. The summed E-state index contributed by atoms with van der Waals surface area (Å²) in [5.74, 6) is 0. The fourth-order valence-corrected chi connectivity index (χ4v) is 2.26. The van der Waals surface area contributed by atoms with Gasteiger partial charge in [-0.3, -0.25) is 4.90 Å². The largest absolute Gasteiger partial charge is 0.377 e. The highest BCUT2D eigenvalue weighted by atomic mass is 15.2. The van der Waals surface area contributed by atoms with E-state index >= 15 is 0 Å². The Kier molecular flexibility index (Phi) is 2.89. The molecule has 0 radical (unpaired) electrons. The minimum atomic E-state index is 1.19. The maximum Gasteiger partial charge on any atom is 0.0380 e. The zero-order valence-electron chi connectivity index (χ0n) is 8.63. The summed E-state index contributed by atoms with van der Waals surface area (Å²) >= 11 is 0. The fraction of sp³-hybridized carbons (Fsp3) is 0.818. The zero-order chi connectivity index (χ0) is 9.10. The molecule has 0 atom stereocenters. The molecule has 0 aromatic rings. The highest BCUT2D eigenvalue weighted by Crippen LogP contribution is 2.16. The lowest BCUT2D eigenvalue weighted by Gasteiger charge is -2.29. The van der Waals surface area contributed by atoms with E-state index in [0.29, 0.717) is 0 Å². The average molecular weight is 180 g/mol. The van der Waals surface area contributed by atoms with Crippen molar-refractivity contribution in [2.75, 3.05) is 33.2 Å². The molecule has 0 bridgehead atoms. The third-order valence-corrected chi connectivity index (χ3v) is 3.17. The minimum Gasteiger partial charge on any atom is -0.377 e. The molecular formula is C11H20N2. The van der Waals surface area contributed by atoms with Crippen LogP contribution >= 0.6 is 0 Å². The van der Waals surface area contributed by atoms with E-state index in [1.54, 1.807) is 5.70 Å². The monoisotopic (exact) mass is 180 g/mol. The Morgan fingerprint density at radius 3 is 2.54 bits per heavy atom. The van der Waals surface area contributed by atoms with Crippen LogP contribution in [0.4, 0.5) is 0 Å². The van der Waals surface area contributed by atoms with Gasteiger partial charge in [-0.1, -0.05) is 12.5 Å². The second kappa shape index (κ2) is 4.14. The van der Waals surface area contributed by atoms with Gasteiger partial charge in [0.2, 0.25) is 0 Å². The first kappa shape index (κ1) is 9.07. The minimum absolute atomic E-state index is 1.19. The van der Waals surface area contributed by atoms with E-state index < -0.39 is 0 Å². The van der Waals surface area contributed by atoms with Crippen molar-refractivity contribution >= 4 is 0 Å². The van der Waals surface area contributed by atoms with E-state index in [1.165, 1.54) is 51.9 Å². The highest BCUT2D eigenvalue weighted by molar-refractivity contribution is 5.08. The molecule has 1 saturated heterocycles. The van der Waals surface area contributed by atoms with Crippen LogP contribution in [0.5, 0.6) is 0 Å². The summed E-state index contributed by atoms with van der Waals surface area (Å²) in [6, 6.07) is 0. The predicted molar refractivity (Wildman–Crippen MR) is 55.6 cm³/mol. The van der Waals surface area contributed by atoms with Crippen molar-refractivity contribution in [1.29, 1.82) is 0 Å². The Morgan fingerprint density at radius 1 is 1.15 bits per heavy atom. The van der Waals surface area contributed by atoms with Gasteiger partial charge in [0.25, 0.3) is 0 Å². The lowest BCUT2D eigenvalue weighted by atomic mass is 10.1. The Bertz CT molecular complexity index is 192. The first-order valence-corrected chi connectivity index (χ1v) is 5.49. The predicted octanol–water partition coefficient (Wildman–Crippen LogP) is 1.69. The Labute approximate surface area is 81.2 Å². The van der Waals surface area contributed by atoms with Gasteiger partial charge in [-0.15, -0.1) is 0 Å². The topological polar surface area (TPSA) is 6.48 Å². The van der Waals surface area contributed by atoms with Crippen LogP contribution in [0.15, 0.2) is 11.8 Å². The normalized spacial score (nSPS) is 25.0. The molecule has 2 aliphatic rings. The lowest BCUT2D eigenvalue weighted by Crippen LogP contribution is -2.34. The molecule has 0 aliphatic carbocycles. The van der Waals surface area contributed by atoms with Crippen molar-refractivity contribution in [3.63, 3.8) is 0 Å². The van der Waals surface area contributed by atoms with Crippen LogP contribution in [0.2, 0.25) is 0 Å². The number of nitrogens with zero attached hydrogens (tertiary/aromatic N) is 2. The van der Waals surface area contributed by atoms with E-state index in [1.807, 2.05) is 0 Å². The third-order valence-electron chi connectivity index (χ3n) is 3.17. The number of rotatable bonds is 2. The van der Waals surface area contributed by atoms with Crippen LogP contribution in [0.25, 0.3) is 0 Å². The summed E-state index contributed by atoms with van der Waals surface area (Å²) in [6.45, 7) is 5.04. The second-order valence-electron chi connectivity index (χ2n) is 4.24. The van der Waals surface area contributed by atoms with Gasteiger partial charge in [0.15, 0.2) is 0 Å². The van der Waals surface area contributed by atoms with Crippen LogP contribution in [-0.4, -0.2) is 43.0 Å². The molecular weight excluding hydrogens is 160 g/mol. The van der Waals surface area contributed by atoms with Crippen molar-refractivity contribution in [2.24, 2.45) is 0 Å². The lowest BCUT2D eigenvalue weighted by molar-refractivity contribution is 0.230. The maximum absolute atomic E-state index is 2.59. The molecule has 0 saturated carbocycles. The van der Waals surface area contributed by atoms with Gasteiger partial charge in [0, 0.05) is 25.8 Å². The summed E-state index contributed by atoms with van der Waals surface area (Å²) in [7, 11) is 2.21. The first-order valence-electron chi connectivity index (χ1n) is 5.49. The molecule has 0 amide bonds. The smallest absolute Gasteiger partial charge is 0.0380 e. The summed E-state index contributed by atoms with van der Waals surface area (Å²) < 4.78 is 0. The molecule has 0 spiro atoms. The summed E-state index contributed by atoms with van der Waals surface area (Å²) in [4.78, 5) is 4.99. The Balaban J connectivity index is 1.82. The number of hydrogen-bond acceptors (Lipinski definition) is 2. The molecule has 2 rings (SSSR count). The van der Waals surface area contributed by atoms with Crippen LogP contribution in [0, 0.1) is 0 Å². The summed E-state index contributed by atoms with van der Waals surface area (Å²) in [5.41, 5.74) is 1.54. The zero-order valence-corrected chi connectivity index (χ0v) is 8.63. The van der Waals surface area contributed by atoms with Gasteiger partial charge >= 0.3 is 0 Å². The average Bonchev–Trinajstić information content (AvgIpc) is 2.54. The molecule has 2 heteroatoms. The molecule has 13 heavy (non-hydrogen) atoms. The molecule has 0 N–H and O–H groups in total. The Morgan fingerprint density at radius 2 is 1.92 bits per heavy atom. The van der Waals surface area contributed by atoms with Crippen molar-refractivity contribution < 1.29 is 0 Å². The fourth-order valence-electron chi connectivity index (χ4n) is 2.26. The molecule has 2 heterocycles. The SMILES string of the molecule is CN1CCC=C1CN1CCCCC1. The number of piperidine rings is 1. The number of likely N-dealkylation sites (tertiary alicyclic amines) is 1. The second-order valence-corrected chi connectivity index (χ2v) is 4.24. The summed E-state index contributed by atoms with van der Waals surface area (Å²) in [6.07, 6.45) is 7.88. The highest BCUT2D eigenvalue weighted by Gasteiger charge is 2.16. The molecule has 2 aliphatic heterocycles. The van der Waals surface area contributed by atoms with Gasteiger partial charge in [0.1, 0.15) is 0 Å². The van der Waals surface area contributed by atoms with E-state index in [0.717, 1.165) is 0 Å². The first-order chi connectivity index (χ1) is 6.36. The molecule has 0 aromatic heterocycles. The standard InChI is InChI=1S/C11H20N2/c1-12-7-5-6-11(12)10-13-8-3-2-4-9-13/h6H,2-5,7-10H2,1H3. The van der Waals surface area contributed by atoms with Gasteiger partial charge in [-0.25, -0.2) is 0 Å². The van der Waals surface area contributed by atoms with Crippen LogP contribution in [0.3, 0.4) is 0 Å². The van der Waals surface area contributed by atoms with E-state index in [4.69, 9.17) is 0 Å². The van der Waals surface area contributed by atoms with Crippen LogP contribution < -0.4 is 0 Å². The van der Waals surface area contributed by atoms with Crippen LogP contribution in [0.1, 0.15) is 25.7 Å². The molecule has 2 nitrogen and oxygen atoms in total. The molecule has 74 valence electrons. The summed E-state index contributed by atoms with van der Waals surface area (Å²) in [5, 5.41) is 0.